The smallest absolute Gasteiger partial charge is 0.311 e. The van der Waals surface area contributed by atoms with Gasteiger partial charge in [0.1, 0.15) is 0 Å². The molecule has 0 bridgehead atoms. The zero-order valence-electron chi connectivity index (χ0n) is 14.6. The fourth-order valence-electron chi connectivity index (χ4n) is 4.26. The van der Waals surface area contributed by atoms with Gasteiger partial charge in [-0.1, -0.05) is 19.4 Å². The molecule has 0 amide bonds. The van der Waals surface area contributed by atoms with Gasteiger partial charge in [0.05, 0.1) is 19.1 Å². The van der Waals surface area contributed by atoms with Crippen molar-refractivity contribution in [1.29, 1.82) is 0 Å². The normalized spacial score (nSPS) is 26.3. The summed E-state index contributed by atoms with van der Waals surface area (Å²) < 4.78 is 11.1. The molecule has 1 saturated heterocycles. The van der Waals surface area contributed by atoms with E-state index in [1.165, 1.54) is 0 Å². The van der Waals surface area contributed by atoms with Crippen LogP contribution in [0.1, 0.15) is 38.2 Å². The number of ether oxygens (including phenoxy) is 2. The second-order valence-electron chi connectivity index (χ2n) is 7.05. The fourth-order valence-corrected chi connectivity index (χ4v) is 4.26. The van der Waals surface area contributed by atoms with Crippen molar-refractivity contribution in [2.75, 3.05) is 26.8 Å². The van der Waals surface area contributed by atoms with Crippen LogP contribution in [0.4, 0.5) is 0 Å². The molecule has 5 heteroatoms. The molecule has 2 aliphatic rings. The van der Waals surface area contributed by atoms with Gasteiger partial charge in [-0.3, -0.25) is 9.69 Å². The number of nitrogens with zero attached hydrogens (tertiary/aromatic N) is 1. The summed E-state index contributed by atoms with van der Waals surface area (Å²) in [6.07, 6.45) is 3.85. The van der Waals surface area contributed by atoms with Crippen LogP contribution in [0.15, 0.2) is 18.2 Å². The summed E-state index contributed by atoms with van der Waals surface area (Å²) in [5.41, 5.74) is 0.616. The van der Waals surface area contributed by atoms with Gasteiger partial charge in [-0.15, -0.1) is 0 Å². The van der Waals surface area contributed by atoms with E-state index in [9.17, 15) is 9.90 Å². The Bertz CT molecular complexity index is 603. The highest BCUT2D eigenvalue weighted by Crippen LogP contribution is 2.49. The summed E-state index contributed by atoms with van der Waals surface area (Å²) in [6, 6.07) is 6.01. The first-order chi connectivity index (χ1) is 11.6. The van der Waals surface area contributed by atoms with Gasteiger partial charge in [0.25, 0.3) is 0 Å². The van der Waals surface area contributed by atoms with Crippen molar-refractivity contribution in [3.05, 3.63) is 23.8 Å². The zero-order valence-corrected chi connectivity index (χ0v) is 14.6. The van der Waals surface area contributed by atoms with Gasteiger partial charge in [0, 0.05) is 19.6 Å². The lowest BCUT2D eigenvalue weighted by atomic mass is 9.81. The van der Waals surface area contributed by atoms with E-state index in [-0.39, 0.29) is 0 Å². The molecule has 1 saturated carbocycles. The molecule has 1 aliphatic heterocycles. The largest absolute Gasteiger partial charge is 0.493 e. The van der Waals surface area contributed by atoms with E-state index < -0.39 is 11.4 Å². The Morgan fingerprint density at radius 2 is 2.25 bits per heavy atom. The van der Waals surface area contributed by atoms with Crippen molar-refractivity contribution in [3.8, 4) is 11.5 Å². The zero-order chi connectivity index (χ0) is 17.2. The van der Waals surface area contributed by atoms with E-state index in [0.717, 1.165) is 55.8 Å². The molecule has 2 atom stereocenters. The maximum Gasteiger partial charge on any atom is 0.311 e. The Balaban J connectivity index is 1.70. The molecule has 0 radical (unpaired) electrons. The minimum atomic E-state index is -0.617. The summed E-state index contributed by atoms with van der Waals surface area (Å²) in [6.45, 7) is 5.04. The Labute approximate surface area is 143 Å². The van der Waals surface area contributed by atoms with E-state index in [2.05, 4.69) is 17.9 Å². The highest BCUT2D eigenvalue weighted by atomic mass is 16.5. The molecule has 2 fully saturated rings. The quantitative estimate of drug-likeness (QED) is 0.830. The van der Waals surface area contributed by atoms with Crippen LogP contribution in [-0.4, -0.2) is 42.8 Å². The first-order valence-electron chi connectivity index (χ1n) is 8.84. The Morgan fingerprint density at radius 1 is 1.42 bits per heavy atom. The third-order valence-electron chi connectivity index (χ3n) is 5.46. The van der Waals surface area contributed by atoms with Crippen LogP contribution >= 0.6 is 0 Å². The molecule has 0 unspecified atom stereocenters. The van der Waals surface area contributed by atoms with Gasteiger partial charge in [-0.25, -0.2) is 0 Å². The average molecular weight is 333 g/mol. The number of carboxylic acid groups (broad SMARTS) is 1. The number of carbonyl (C=O) groups is 1. The van der Waals surface area contributed by atoms with Crippen LogP contribution in [0, 0.1) is 11.3 Å². The summed E-state index contributed by atoms with van der Waals surface area (Å²) in [4.78, 5) is 14.1. The number of fused-ring (bicyclic) bond motifs is 1. The fraction of sp³-hybridized carbons (Fsp3) is 0.632. The maximum atomic E-state index is 11.8. The first kappa shape index (κ1) is 17.1. The van der Waals surface area contributed by atoms with Crippen LogP contribution in [0.3, 0.4) is 0 Å². The van der Waals surface area contributed by atoms with Crippen molar-refractivity contribution < 1.29 is 19.4 Å². The lowest BCUT2D eigenvalue weighted by Gasteiger charge is -2.23. The van der Waals surface area contributed by atoms with Gasteiger partial charge in [-0.2, -0.15) is 0 Å². The monoisotopic (exact) mass is 333 g/mol. The molecule has 1 heterocycles. The minimum Gasteiger partial charge on any atom is -0.493 e. The number of hydrogen-bond donors (Lipinski definition) is 1. The van der Waals surface area contributed by atoms with Crippen LogP contribution < -0.4 is 9.47 Å². The van der Waals surface area contributed by atoms with Crippen LogP contribution in [-0.2, 0) is 11.3 Å². The van der Waals surface area contributed by atoms with E-state index in [1.54, 1.807) is 7.11 Å². The van der Waals surface area contributed by atoms with E-state index in [4.69, 9.17) is 9.47 Å². The molecule has 24 heavy (non-hydrogen) atoms. The standard InChI is InChI=1S/C19H27NO4/c1-3-9-24-16-7-6-14(10-17(16)23-2)11-20-12-15-5-4-8-19(15,13-20)18(21)22/h6-7,10,15H,3-5,8-9,11-13H2,1-2H3,(H,21,22)/t15-,19+/m0/s1. The molecule has 1 aliphatic carbocycles. The van der Waals surface area contributed by atoms with Crippen LogP contribution in [0.2, 0.25) is 0 Å². The second-order valence-corrected chi connectivity index (χ2v) is 7.05. The van der Waals surface area contributed by atoms with E-state index in [1.807, 2.05) is 12.1 Å². The highest BCUT2D eigenvalue weighted by Gasteiger charge is 2.54. The average Bonchev–Trinajstić information content (AvgIpc) is 3.11. The number of benzene rings is 1. The van der Waals surface area contributed by atoms with Crippen LogP contribution in [0.5, 0.6) is 11.5 Å². The van der Waals surface area contributed by atoms with Gasteiger partial charge >= 0.3 is 5.97 Å². The second kappa shape index (κ2) is 7.01. The van der Waals surface area contributed by atoms with E-state index in [0.29, 0.717) is 19.1 Å². The molecule has 5 nitrogen and oxygen atoms in total. The third kappa shape index (κ3) is 3.09. The molecule has 3 rings (SSSR count). The number of carboxylic acids is 1. The van der Waals surface area contributed by atoms with Crippen molar-refractivity contribution in [3.63, 3.8) is 0 Å². The van der Waals surface area contributed by atoms with Crippen LogP contribution in [0.25, 0.3) is 0 Å². The summed E-state index contributed by atoms with van der Waals surface area (Å²) in [7, 11) is 1.65. The molecular formula is C19H27NO4. The number of methoxy groups -OCH3 is 1. The van der Waals surface area contributed by atoms with Crippen molar-refractivity contribution >= 4 is 5.97 Å². The SMILES string of the molecule is CCCOc1ccc(CN2C[C@@H]3CCC[C@@]3(C(=O)O)C2)cc1OC. The Kier molecular flexibility index (Phi) is 4.99. The minimum absolute atomic E-state index is 0.295. The van der Waals surface area contributed by atoms with Gasteiger partial charge in [0.2, 0.25) is 0 Å². The van der Waals surface area contributed by atoms with E-state index >= 15 is 0 Å². The molecule has 1 aromatic rings. The van der Waals surface area contributed by atoms with Gasteiger partial charge in [-0.05, 0) is 42.9 Å². The topological polar surface area (TPSA) is 59.0 Å². The number of rotatable bonds is 7. The molecular weight excluding hydrogens is 306 g/mol. The Hall–Kier alpha value is -1.75. The van der Waals surface area contributed by atoms with Crippen molar-refractivity contribution in [2.24, 2.45) is 11.3 Å². The first-order valence-corrected chi connectivity index (χ1v) is 8.84. The summed E-state index contributed by atoms with van der Waals surface area (Å²) in [5, 5.41) is 9.70. The lowest BCUT2D eigenvalue weighted by Crippen LogP contribution is -2.35. The van der Waals surface area contributed by atoms with Gasteiger partial charge < -0.3 is 14.6 Å². The molecule has 0 spiro atoms. The third-order valence-corrected chi connectivity index (χ3v) is 5.46. The summed E-state index contributed by atoms with van der Waals surface area (Å²) >= 11 is 0. The number of aliphatic carboxylic acids is 1. The predicted molar refractivity (Wildman–Crippen MR) is 91.5 cm³/mol. The molecule has 132 valence electrons. The highest BCUT2D eigenvalue weighted by molar-refractivity contribution is 5.76. The van der Waals surface area contributed by atoms with Crippen molar-refractivity contribution in [2.45, 2.75) is 39.2 Å². The van der Waals surface area contributed by atoms with Gasteiger partial charge in [0.15, 0.2) is 11.5 Å². The molecule has 0 aromatic heterocycles. The number of likely N-dealkylation sites (tertiary alicyclic amines) is 1. The summed E-state index contributed by atoms with van der Waals surface area (Å²) in [5.74, 6) is 1.19. The Morgan fingerprint density at radius 3 is 2.92 bits per heavy atom. The molecule has 1 N–H and O–H groups in total. The lowest BCUT2D eigenvalue weighted by molar-refractivity contribution is -0.149. The molecule has 1 aromatic carbocycles. The predicted octanol–water partition coefficient (Wildman–Crippen LogP) is 3.17. The maximum absolute atomic E-state index is 11.8. The number of hydrogen-bond acceptors (Lipinski definition) is 4. The van der Waals surface area contributed by atoms with Crippen molar-refractivity contribution in [1.82, 2.24) is 4.90 Å².